The monoisotopic (exact) mass is 506 g/mol. The second-order valence-corrected chi connectivity index (χ2v) is 9.28. The lowest BCUT2D eigenvalue weighted by molar-refractivity contribution is -0.132. The third kappa shape index (κ3) is 4.11. The van der Waals surface area contributed by atoms with Crippen molar-refractivity contribution in [3.63, 3.8) is 0 Å². The number of anilines is 1. The van der Waals surface area contributed by atoms with Crippen molar-refractivity contribution in [2.24, 2.45) is 0 Å². The van der Waals surface area contributed by atoms with Crippen LogP contribution in [0.2, 0.25) is 5.02 Å². The van der Waals surface area contributed by atoms with Gasteiger partial charge in [0.2, 0.25) is 0 Å². The van der Waals surface area contributed by atoms with E-state index in [1.165, 1.54) is 28.4 Å². The molecule has 7 nitrogen and oxygen atoms in total. The summed E-state index contributed by atoms with van der Waals surface area (Å²) in [6, 6.07) is 17.0. The first-order valence-corrected chi connectivity index (χ1v) is 12.0. The Labute approximate surface area is 209 Å². The second kappa shape index (κ2) is 9.05. The molecule has 1 saturated heterocycles. The van der Waals surface area contributed by atoms with E-state index in [1.807, 2.05) is 6.92 Å². The Bertz CT molecular complexity index is 1500. The van der Waals surface area contributed by atoms with Crippen molar-refractivity contribution in [2.75, 3.05) is 11.5 Å². The van der Waals surface area contributed by atoms with Gasteiger partial charge in [-0.1, -0.05) is 35.1 Å². The Morgan fingerprint density at radius 3 is 2.60 bits per heavy atom. The molecule has 0 bridgehead atoms. The molecule has 0 radical (unpaired) electrons. The first kappa shape index (κ1) is 22.9. The highest BCUT2D eigenvalue weighted by molar-refractivity contribution is 7.22. The minimum Gasteiger partial charge on any atom is -0.508 e. The van der Waals surface area contributed by atoms with Gasteiger partial charge < -0.3 is 14.9 Å². The normalized spacial score (nSPS) is 17.3. The fraction of sp³-hybridized carbons (Fsp3) is 0.115. The van der Waals surface area contributed by atoms with Gasteiger partial charge in [-0.3, -0.25) is 14.5 Å². The number of halogens is 1. The highest BCUT2D eigenvalue weighted by Crippen LogP contribution is 2.45. The summed E-state index contributed by atoms with van der Waals surface area (Å²) in [7, 11) is 0. The number of phenolic OH excluding ortho intramolecular Hbond substituents is 1. The van der Waals surface area contributed by atoms with E-state index in [-0.39, 0.29) is 22.2 Å². The van der Waals surface area contributed by atoms with Crippen molar-refractivity contribution in [3.8, 4) is 11.5 Å². The lowest BCUT2D eigenvalue weighted by Crippen LogP contribution is -2.29. The lowest BCUT2D eigenvalue weighted by atomic mass is 9.95. The van der Waals surface area contributed by atoms with Crippen molar-refractivity contribution >= 4 is 55.7 Å². The molecule has 1 aliphatic rings. The van der Waals surface area contributed by atoms with Crippen LogP contribution in [0.25, 0.3) is 16.0 Å². The summed E-state index contributed by atoms with van der Waals surface area (Å²) in [5.74, 6) is -1.42. The van der Waals surface area contributed by atoms with Crippen LogP contribution >= 0.6 is 22.9 Å². The summed E-state index contributed by atoms with van der Waals surface area (Å²) in [4.78, 5) is 32.4. The van der Waals surface area contributed by atoms with Gasteiger partial charge in [0.1, 0.15) is 17.3 Å². The van der Waals surface area contributed by atoms with Crippen molar-refractivity contribution in [2.45, 2.75) is 13.0 Å². The van der Waals surface area contributed by atoms with Crippen molar-refractivity contribution in [1.82, 2.24) is 4.98 Å². The van der Waals surface area contributed by atoms with E-state index >= 15 is 0 Å². The second-order valence-electron chi connectivity index (χ2n) is 7.83. The Morgan fingerprint density at radius 2 is 1.89 bits per heavy atom. The number of carbonyl (C=O) groups is 2. The number of aliphatic hydroxyl groups is 1. The van der Waals surface area contributed by atoms with E-state index in [0.717, 1.165) is 4.70 Å². The number of aromatic nitrogens is 1. The van der Waals surface area contributed by atoms with Crippen LogP contribution in [0.15, 0.2) is 72.3 Å². The van der Waals surface area contributed by atoms with Crippen LogP contribution in [-0.4, -0.2) is 33.5 Å². The van der Waals surface area contributed by atoms with E-state index in [9.17, 15) is 19.8 Å². The Kier molecular flexibility index (Phi) is 5.92. The number of hydrogen-bond donors (Lipinski definition) is 2. The number of fused-ring (bicyclic) bond motifs is 1. The third-order valence-corrected chi connectivity index (χ3v) is 6.87. The number of ether oxygens (including phenoxy) is 1. The molecule has 1 unspecified atom stereocenters. The number of ketones is 1. The zero-order valence-corrected chi connectivity index (χ0v) is 20.0. The summed E-state index contributed by atoms with van der Waals surface area (Å²) in [6.45, 7) is 2.35. The quantitative estimate of drug-likeness (QED) is 0.205. The number of phenols is 1. The first-order chi connectivity index (χ1) is 16.9. The number of aliphatic hydroxyl groups excluding tert-OH is 1. The SMILES string of the molecule is CCOc1ccc(C(O)=C2C(=O)C(=O)N(c3nc4ccc(Cl)cc4s3)C2c2cccc(O)c2)cc1. The number of Topliss-reactive ketones (excluding diaryl/α,β-unsaturated/α-hetero) is 1. The number of nitrogens with zero attached hydrogens (tertiary/aromatic N) is 2. The Balaban J connectivity index is 1.69. The highest BCUT2D eigenvalue weighted by Gasteiger charge is 2.48. The lowest BCUT2D eigenvalue weighted by Gasteiger charge is -2.23. The van der Waals surface area contributed by atoms with Crippen LogP contribution in [0.5, 0.6) is 11.5 Å². The number of thiazole rings is 1. The number of amides is 1. The molecule has 35 heavy (non-hydrogen) atoms. The molecule has 0 aliphatic carbocycles. The van der Waals surface area contributed by atoms with Crippen molar-refractivity contribution in [3.05, 3.63) is 88.5 Å². The van der Waals surface area contributed by atoms with E-state index in [1.54, 1.807) is 54.6 Å². The topological polar surface area (TPSA) is 100.0 Å². The number of aromatic hydroxyl groups is 1. The summed E-state index contributed by atoms with van der Waals surface area (Å²) in [5.41, 5.74) is 1.33. The predicted molar refractivity (Wildman–Crippen MR) is 135 cm³/mol. The standard InChI is InChI=1S/C26H19ClN2O5S/c1-2-34-18-9-6-14(7-10-18)23(31)21-22(15-4-3-5-17(30)12-15)29(25(33)24(21)32)26-28-19-11-8-16(27)13-20(19)35-26/h3-13,22,30-31H,2H2,1H3. The van der Waals surface area contributed by atoms with Gasteiger partial charge in [-0.2, -0.15) is 0 Å². The molecular formula is C26H19ClN2O5S. The van der Waals surface area contributed by atoms with Crippen LogP contribution in [0.1, 0.15) is 24.1 Å². The minimum absolute atomic E-state index is 0.0368. The van der Waals surface area contributed by atoms with E-state index in [0.29, 0.717) is 34.0 Å². The van der Waals surface area contributed by atoms with Gasteiger partial charge in [-0.05, 0) is 67.1 Å². The van der Waals surface area contributed by atoms with Gasteiger partial charge in [0.15, 0.2) is 5.13 Å². The van der Waals surface area contributed by atoms with Crippen LogP contribution < -0.4 is 9.64 Å². The van der Waals surface area contributed by atoms with E-state index in [4.69, 9.17) is 16.3 Å². The number of rotatable bonds is 5. The summed E-state index contributed by atoms with van der Waals surface area (Å²) < 4.78 is 6.19. The van der Waals surface area contributed by atoms with Crippen molar-refractivity contribution < 1.29 is 24.5 Å². The van der Waals surface area contributed by atoms with Crippen molar-refractivity contribution in [1.29, 1.82) is 0 Å². The molecule has 1 fully saturated rings. The van der Waals surface area contributed by atoms with Gasteiger partial charge in [0.25, 0.3) is 5.78 Å². The average Bonchev–Trinajstić information content (AvgIpc) is 3.37. The number of hydrogen-bond acceptors (Lipinski definition) is 7. The molecule has 5 rings (SSSR count). The summed E-state index contributed by atoms with van der Waals surface area (Å²) in [5, 5.41) is 22.1. The minimum atomic E-state index is -0.996. The molecule has 1 amide bonds. The van der Waals surface area contributed by atoms with Gasteiger partial charge in [0, 0.05) is 10.6 Å². The molecule has 176 valence electrons. The Hall–Kier alpha value is -3.88. The molecule has 3 aromatic carbocycles. The van der Waals surface area contributed by atoms with Crippen LogP contribution in [0, 0.1) is 0 Å². The zero-order valence-electron chi connectivity index (χ0n) is 18.4. The molecule has 1 atom stereocenters. The maximum absolute atomic E-state index is 13.3. The molecule has 2 heterocycles. The summed E-state index contributed by atoms with van der Waals surface area (Å²) >= 11 is 7.32. The fourth-order valence-electron chi connectivity index (χ4n) is 4.06. The molecule has 2 N–H and O–H groups in total. The average molecular weight is 507 g/mol. The maximum Gasteiger partial charge on any atom is 0.301 e. The van der Waals surface area contributed by atoms with Crippen LogP contribution in [0.4, 0.5) is 5.13 Å². The van der Waals surface area contributed by atoms with Crippen LogP contribution in [-0.2, 0) is 9.59 Å². The first-order valence-electron chi connectivity index (χ1n) is 10.8. The highest BCUT2D eigenvalue weighted by atomic mass is 35.5. The number of carbonyl (C=O) groups excluding carboxylic acids is 2. The molecule has 4 aromatic rings. The predicted octanol–water partition coefficient (Wildman–Crippen LogP) is 5.68. The Morgan fingerprint density at radius 1 is 1.11 bits per heavy atom. The molecule has 9 heteroatoms. The van der Waals surface area contributed by atoms with Gasteiger partial charge in [0.05, 0.1) is 28.4 Å². The van der Waals surface area contributed by atoms with E-state index in [2.05, 4.69) is 4.98 Å². The van der Waals surface area contributed by atoms with Gasteiger partial charge in [-0.15, -0.1) is 0 Å². The third-order valence-electron chi connectivity index (χ3n) is 5.61. The smallest absolute Gasteiger partial charge is 0.301 e. The molecule has 1 aromatic heterocycles. The summed E-state index contributed by atoms with van der Waals surface area (Å²) in [6.07, 6.45) is 0. The van der Waals surface area contributed by atoms with Gasteiger partial charge >= 0.3 is 5.91 Å². The molecule has 1 aliphatic heterocycles. The maximum atomic E-state index is 13.3. The zero-order chi connectivity index (χ0) is 24.7. The molecule has 0 saturated carbocycles. The number of benzene rings is 3. The van der Waals surface area contributed by atoms with Gasteiger partial charge in [-0.25, -0.2) is 4.98 Å². The molecular weight excluding hydrogens is 488 g/mol. The van der Waals surface area contributed by atoms with E-state index < -0.39 is 17.7 Å². The van der Waals surface area contributed by atoms with Crippen LogP contribution in [0.3, 0.4) is 0 Å². The molecule has 0 spiro atoms. The largest absolute Gasteiger partial charge is 0.508 e. The fourth-order valence-corrected chi connectivity index (χ4v) is 5.33.